The Bertz CT molecular complexity index is 1170. The molecule has 31 heavy (non-hydrogen) atoms. The van der Waals surface area contributed by atoms with Crippen molar-refractivity contribution in [2.45, 2.75) is 38.7 Å². The second-order valence-electron chi connectivity index (χ2n) is 8.33. The van der Waals surface area contributed by atoms with Crippen LogP contribution in [0.2, 0.25) is 0 Å². The van der Waals surface area contributed by atoms with Crippen molar-refractivity contribution < 1.29 is 19.1 Å². The fraction of sp³-hybridized carbons (Fsp3) is 0.231. The molecule has 5 nitrogen and oxygen atoms in total. The number of esters is 1. The summed E-state index contributed by atoms with van der Waals surface area (Å²) < 4.78 is 11.8. The number of β-lactam (4-membered cyclic amide) rings is 1. The highest BCUT2D eigenvalue weighted by Crippen LogP contribution is 2.54. The molecule has 3 atom stereocenters. The zero-order valence-electron chi connectivity index (χ0n) is 17.7. The molecule has 0 unspecified atom stereocenters. The smallest absolute Gasteiger partial charge is 0.353 e. The Hall–Kier alpha value is -3.44. The number of rotatable bonds is 3. The first kappa shape index (κ1) is 19.5. The van der Waals surface area contributed by atoms with Gasteiger partial charge in [-0.25, -0.2) is 4.79 Å². The molecule has 0 radical (unpaired) electrons. The number of benzene rings is 3. The quantitative estimate of drug-likeness (QED) is 0.354. The maximum absolute atomic E-state index is 13.5. The van der Waals surface area contributed by atoms with Crippen molar-refractivity contribution in [3.8, 4) is 0 Å². The van der Waals surface area contributed by atoms with E-state index in [0.29, 0.717) is 0 Å². The number of anilines is 1. The van der Waals surface area contributed by atoms with Gasteiger partial charge in [-0.05, 0) is 44.5 Å². The van der Waals surface area contributed by atoms with E-state index in [4.69, 9.17) is 9.47 Å². The number of amides is 1. The molecule has 156 valence electrons. The van der Waals surface area contributed by atoms with Crippen molar-refractivity contribution in [2.24, 2.45) is 0 Å². The van der Waals surface area contributed by atoms with Gasteiger partial charge in [0.1, 0.15) is 6.04 Å². The summed E-state index contributed by atoms with van der Waals surface area (Å²) >= 11 is 0. The van der Waals surface area contributed by atoms with Gasteiger partial charge in [0.15, 0.2) is 0 Å². The minimum Gasteiger partial charge on any atom is -0.429 e. The van der Waals surface area contributed by atoms with Gasteiger partial charge in [0, 0.05) is 11.3 Å². The standard InChI is InChI=1S/C26H23NO4/c1-16-7-11-19(12-8-16)22-26(24(28)27(22)21-13-9-17(2)10-14-21)25(29)30-23(31-26)20-6-4-5-18(3)15-20/h4-15,22-23H,1-3H3/t22-,23+,26-/m0/s1. The minimum absolute atomic E-state index is 0.401. The van der Waals surface area contributed by atoms with Crippen molar-refractivity contribution in [1.82, 2.24) is 0 Å². The molecule has 0 N–H and O–H groups in total. The van der Waals surface area contributed by atoms with Gasteiger partial charge < -0.3 is 9.47 Å². The van der Waals surface area contributed by atoms with E-state index >= 15 is 0 Å². The number of carbonyl (C=O) groups excluding carboxylic acids is 2. The molecule has 0 saturated carbocycles. The van der Waals surface area contributed by atoms with Gasteiger partial charge in [0.25, 0.3) is 11.5 Å². The summed E-state index contributed by atoms with van der Waals surface area (Å²) in [6.07, 6.45) is -0.913. The monoisotopic (exact) mass is 413 g/mol. The summed E-state index contributed by atoms with van der Waals surface area (Å²) in [5.74, 6) is -1.04. The maximum atomic E-state index is 13.5. The molecule has 5 heteroatoms. The van der Waals surface area contributed by atoms with E-state index < -0.39 is 29.8 Å². The van der Waals surface area contributed by atoms with Crippen molar-refractivity contribution in [2.75, 3.05) is 4.90 Å². The number of nitrogens with zero attached hydrogens (tertiary/aromatic N) is 1. The molecule has 2 aliphatic heterocycles. The lowest BCUT2D eigenvalue weighted by Gasteiger charge is -2.50. The topological polar surface area (TPSA) is 55.8 Å². The van der Waals surface area contributed by atoms with Crippen LogP contribution in [-0.4, -0.2) is 17.5 Å². The molecule has 2 fully saturated rings. The van der Waals surface area contributed by atoms with E-state index in [1.807, 2.05) is 93.6 Å². The molecule has 2 saturated heterocycles. The summed E-state index contributed by atoms with van der Waals surface area (Å²) in [6.45, 7) is 5.95. The van der Waals surface area contributed by atoms with Crippen LogP contribution in [0.1, 0.15) is 40.1 Å². The van der Waals surface area contributed by atoms with Crippen LogP contribution in [0.25, 0.3) is 0 Å². The van der Waals surface area contributed by atoms with E-state index in [2.05, 4.69) is 0 Å². The molecule has 2 heterocycles. The van der Waals surface area contributed by atoms with Crippen LogP contribution in [0.4, 0.5) is 5.69 Å². The second kappa shape index (κ2) is 7.06. The lowest BCUT2D eigenvalue weighted by atomic mass is 9.77. The average Bonchev–Trinajstić information content (AvgIpc) is 3.13. The average molecular weight is 413 g/mol. The third-order valence-electron chi connectivity index (χ3n) is 6.01. The first-order valence-electron chi connectivity index (χ1n) is 10.3. The lowest BCUT2D eigenvalue weighted by Crippen LogP contribution is -2.71. The Kier molecular flexibility index (Phi) is 4.45. The molecule has 3 aromatic rings. The number of hydrogen-bond acceptors (Lipinski definition) is 4. The molecular weight excluding hydrogens is 390 g/mol. The Balaban J connectivity index is 1.58. The van der Waals surface area contributed by atoms with Crippen LogP contribution in [0, 0.1) is 20.8 Å². The lowest BCUT2D eigenvalue weighted by molar-refractivity contribution is -0.168. The zero-order chi connectivity index (χ0) is 21.8. The molecule has 1 spiro atoms. The Morgan fingerprint density at radius 2 is 1.42 bits per heavy atom. The molecule has 1 amide bonds. The third-order valence-corrected chi connectivity index (χ3v) is 6.01. The Labute approximate surface area is 181 Å². The van der Waals surface area contributed by atoms with Gasteiger partial charge in [0.2, 0.25) is 6.29 Å². The number of hydrogen-bond donors (Lipinski definition) is 0. The fourth-order valence-corrected chi connectivity index (χ4v) is 4.33. The second-order valence-corrected chi connectivity index (χ2v) is 8.33. The summed E-state index contributed by atoms with van der Waals surface area (Å²) in [5.41, 5.74) is 3.79. The maximum Gasteiger partial charge on any atom is 0.353 e. The molecule has 0 bridgehead atoms. The van der Waals surface area contributed by atoms with Gasteiger partial charge in [-0.3, -0.25) is 9.69 Å². The van der Waals surface area contributed by atoms with Crippen LogP contribution < -0.4 is 4.90 Å². The van der Waals surface area contributed by atoms with Gasteiger partial charge >= 0.3 is 5.97 Å². The van der Waals surface area contributed by atoms with Crippen LogP contribution in [0.15, 0.2) is 72.8 Å². The van der Waals surface area contributed by atoms with Gasteiger partial charge in [-0.15, -0.1) is 0 Å². The van der Waals surface area contributed by atoms with Crippen molar-refractivity contribution in [3.63, 3.8) is 0 Å². The first-order valence-corrected chi connectivity index (χ1v) is 10.3. The molecule has 0 aliphatic carbocycles. The first-order chi connectivity index (χ1) is 14.9. The van der Waals surface area contributed by atoms with Gasteiger partial charge in [-0.2, -0.15) is 0 Å². The van der Waals surface area contributed by atoms with Crippen LogP contribution in [-0.2, 0) is 19.1 Å². The van der Waals surface area contributed by atoms with E-state index in [1.54, 1.807) is 4.90 Å². The summed E-state index contributed by atoms with van der Waals surface area (Å²) in [5, 5.41) is 0. The van der Waals surface area contributed by atoms with E-state index in [1.165, 1.54) is 0 Å². The number of cyclic esters (lactones) is 1. The zero-order valence-corrected chi connectivity index (χ0v) is 17.7. The highest BCUT2D eigenvalue weighted by molar-refractivity contribution is 6.21. The minimum atomic E-state index is -1.69. The summed E-state index contributed by atoms with van der Waals surface area (Å²) in [7, 11) is 0. The van der Waals surface area contributed by atoms with Gasteiger partial charge in [0.05, 0.1) is 0 Å². The van der Waals surface area contributed by atoms with E-state index in [0.717, 1.165) is 33.5 Å². The number of carbonyl (C=O) groups is 2. The predicted octanol–water partition coefficient (Wildman–Crippen LogP) is 4.71. The Morgan fingerprint density at radius 1 is 0.774 bits per heavy atom. The van der Waals surface area contributed by atoms with Crippen LogP contribution in [0.3, 0.4) is 0 Å². The molecule has 3 aromatic carbocycles. The largest absolute Gasteiger partial charge is 0.429 e. The summed E-state index contributed by atoms with van der Waals surface area (Å²) in [4.78, 5) is 28.2. The molecule has 0 aromatic heterocycles. The van der Waals surface area contributed by atoms with E-state index in [-0.39, 0.29) is 0 Å². The summed E-state index contributed by atoms with van der Waals surface area (Å²) in [6, 6.07) is 22.5. The number of aryl methyl sites for hydroxylation is 3. The van der Waals surface area contributed by atoms with Crippen LogP contribution in [0.5, 0.6) is 0 Å². The molecule has 5 rings (SSSR count). The molecule has 2 aliphatic rings. The highest BCUT2D eigenvalue weighted by atomic mass is 16.8. The van der Waals surface area contributed by atoms with Crippen molar-refractivity contribution in [3.05, 3.63) is 101 Å². The highest BCUT2D eigenvalue weighted by Gasteiger charge is 2.73. The van der Waals surface area contributed by atoms with Gasteiger partial charge in [-0.1, -0.05) is 71.3 Å². The van der Waals surface area contributed by atoms with E-state index in [9.17, 15) is 9.59 Å². The third kappa shape index (κ3) is 2.96. The SMILES string of the molecule is Cc1ccc([C@@H]2N(c3ccc(C)cc3)C(=O)[C@@]23O[C@H](c2cccc(C)c2)OC3=O)cc1. The van der Waals surface area contributed by atoms with Crippen LogP contribution >= 0.6 is 0 Å². The van der Waals surface area contributed by atoms with Crippen molar-refractivity contribution in [1.29, 1.82) is 0 Å². The fourth-order valence-electron chi connectivity index (χ4n) is 4.33. The normalized spacial score (nSPS) is 24.9. The van der Waals surface area contributed by atoms with Crippen molar-refractivity contribution >= 4 is 17.6 Å². The molecular formula is C26H23NO4. The number of ether oxygens (including phenoxy) is 2. The predicted molar refractivity (Wildman–Crippen MR) is 116 cm³/mol. The Morgan fingerprint density at radius 3 is 2.06 bits per heavy atom.